The predicted molar refractivity (Wildman–Crippen MR) is 91.7 cm³/mol. The Morgan fingerprint density at radius 3 is 2.38 bits per heavy atom. The molecule has 1 rings (SSSR count). The third-order valence-corrected chi connectivity index (χ3v) is 4.89. The Kier molecular flexibility index (Phi) is 7.57. The van der Waals surface area contributed by atoms with Crippen LogP contribution in [0.4, 0.5) is 0 Å². The molecule has 10 heteroatoms. The van der Waals surface area contributed by atoms with Crippen molar-refractivity contribution < 1.29 is 36.8 Å². The van der Waals surface area contributed by atoms with E-state index in [1.807, 2.05) is 6.92 Å². The highest BCUT2D eigenvalue weighted by atomic mass is 32.2. The van der Waals surface area contributed by atoms with Gasteiger partial charge in [-0.05, 0) is 19.3 Å². The zero-order valence-electron chi connectivity index (χ0n) is 15.5. The summed E-state index contributed by atoms with van der Waals surface area (Å²) in [5.41, 5.74) is -0.920. The van der Waals surface area contributed by atoms with Gasteiger partial charge >= 0.3 is 11.9 Å². The van der Waals surface area contributed by atoms with Crippen molar-refractivity contribution in [2.24, 2.45) is 5.41 Å². The summed E-state index contributed by atoms with van der Waals surface area (Å²) in [6.45, 7) is 6.45. The maximum absolute atomic E-state index is 12.3. The number of hydrogen-bond donors (Lipinski definition) is 2. The Hall–Kier alpha value is -1.68. The number of cyclic esters (lactones) is 2. The molecule has 0 bridgehead atoms. The van der Waals surface area contributed by atoms with Crippen molar-refractivity contribution in [2.45, 2.75) is 71.6 Å². The van der Waals surface area contributed by atoms with Gasteiger partial charge in [0.2, 0.25) is 12.0 Å². The normalized spacial score (nSPS) is 22.3. The van der Waals surface area contributed by atoms with Gasteiger partial charge in [0.25, 0.3) is 10.1 Å². The van der Waals surface area contributed by atoms with E-state index in [1.54, 1.807) is 13.8 Å². The van der Waals surface area contributed by atoms with Gasteiger partial charge in [-0.3, -0.25) is 9.35 Å². The summed E-state index contributed by atoms with van der Waals surface area (Å²) in [7, 11) is -4.20. The van der Waals surface area contributed by atoms with Crippen LogP contribution < -0.4 is 5.32 Å². The zero-order valence-corrected chi connectivity index (χ0v) is 16.3. The van der Waals surface area contributed by atoms with Gasteiger partial charge in [-0.25, -0.2) is 9.59 Å². The highest BCUT2D eigenvalue weighted by molar-refractivity contribution is 7.85. The molecule has 3 atom stereocenters. The summed E-state index contributed by atoms with van der Waals surface area (Å²) in [6, 6.07) is -0.635. The van der Waals surface area contributed by atoms with Crippen LogP contribution in [0.25, 0.3) is 0 Å². The first-order chi connectivity index (χ1) is 11.9. The molecule has 0 saturated carbocycles. The molecule has 1 saturated heterocycles. The van der Waals surface area contributed by atoms with Crippen LogP contribution in [0.3, 0.4) is 0 Å². The second kappa shape index (κ2) is 8.81. The minimum atomic E-state index is -4.20. The molecular formula is C16H27NO8S. The fourth-order valence-electron chi connectivity index (χ4n) is 2.95. The minimum absolute atomic E-state index is 0.0456. The molecule has 0 radical (unpaired) electrons. The fraction of sp³-hybridized carbons (Fsp3) is 0.812. The van der Waals surface area contributed by atoms with Crippen molar-refractivity contribution >= 4 is 28.0 Å². The van der Waals surface area contributed by atoms with E-state index in [1.165, 1.54) is 6.92 Å². The van der Waals surface area contributed by atoms with Gasteiger partial charge in [0.1, 0.15) is 0 Å². The molecule has 2 N–H and O–H groups in total. The average molecular weight is 393 g/mol. The summed E-state index contributed by atoms with van der Waals surface area (Å²) in [6.07, 6.45) is -0.943. The first-order valence-corrected chi connectivity index (χ1v) is 10.1. The number of esters is 2. The maximum atomic E-state index is 12.3. The number of hydrogen-bond acceptors (Lipinski definition) is 7. The number of carbonyl (C=O) groups excluding carboxylic acids is 3. The minimum Gasteiger partial charge on any atom is -0.448 e. The van der Waals surface area contributed by atoms with Crippen LogP contribution in [0, 0.1) is 5.41 Å². The second-order valence-corrected chi connectivity index (χ2v) is 8.77. The van der Waals surface area contributed by atoms with E-state index < -0.39 is 51.5 Å². The van der Waals surface area contributed by atoms with E-state index in [0.29, 0.717) is 12.8 Å². The Balaban J connectivity index is 2.86. The Labute approximate surface area is 153 Å². The lowest BCUT2D eigenvalue weighted by atomic mass is 9.79. The van der Waals surface area contributed by atoms with Gasteiger partial charge in [0, 0.05) is 18.4 Å². The van der Waals surface area contributed by atoms with E-state index in [0.717, 1.165) is 0 Å². The molecule has 0 aromatic rings. The number of nitrogens with one attached hydrogen (secondary N) is 1. The number of amides is 1. The lowest BCUT2D eigenvalue weighted by molar-refractivity contribution is -0.204. The van der Waals surface area contributed by atoms with Crippen LogP contribution in [0.1, 0.15) is 53.4 Å². The maximum Gasteiger partial charge on any atom is 0.348 e. The molecule has 0 aromatic carbocycles. The van der Waals surface area contributed by atoms with Crippen LogP contribution in [-0.2, 0) is 34.0 Å². The number of carbonyl (C=O) groups is 3. The third-order valence-electron chi connectivity index (χ3n) is 4.13. The molecule has 150 valence electrons. The van der Waals surface area contributed by atoms with Gasteiger partial charge in [0.15, 0.2) is 6.10 Å². The Bertz CT molecular complexity index is 643. The molecule has 1 amide bonds. The van der Waals surface area contributed by atoms with Gasteiger partial charge in [-0.15, -0.1) is 0 Å². The topological polar surface area (TPSA) is 136 Å². The SMILES string of the molecule is CCCC1OC(=O)C(C(C)(C)CC(CCS(=O)(=O)O)NC(C)=O)OC1=O. The predicted octanol–water partition coefficient (Wildman–Crippen LogP) is 0.823. The highest BCUT2D eigenvalue weighted by Gasteiger charge is 2.47. The highest BCUT2D eigenvalue weighted by Crippen LogP contribution is 2.34. The first kappa shape index (κ1) is 22.4. The molecule has 0 aliphatic carbocycles. The molecule has 1 aliphatic heterocycles. The lowest BCUT2D eigenvalue weighted by Crippen LogP contribution is -2.52. The van der Waals surface area contributed by atoms with E-state index >= 15 is 0 Å². The van der Waals surface area contributed by atoms with Gasteiger partial charge in [0.05, 0.1) is 5.75 Å². The van der Waals surface area contributed by atoms with Gasteiger partial charge in [-0.1, -0.05) is 27.2 Å². The third kappa shape index (κ3) is 6.91. The van der Waals surface area contributed by atoms with Gasteiger partial charge < -0.3 is 14.8 Å². The standard InChI is InChI=1S/C16H27NO8S/c1-5-6-12-14(19)25-13(15(20)24-12)16(3,4)9-11(17-10(2)18)7-8-26(21,22)23/h11-13H,5-9H2,1-4H3,(H,17,18)(H,21,22,23). The average Bonchev–Trinajstić information content (AvgIpc) is 2.46. The van der Waals surface area contributed by atoms with Crippen molar-refractivity contribution in [2.75, 3.05) is 5.75 Å². The molecule has 9 nitrogen and oxygen atoms in total. The summed E-state index contributed by atoms with van der Waals surface area (Å²) >= 11 is 0. The molecular weight excluding hydrogens is 366 g/mol. The van der Waals surface area contributed by atoms with E-state index in [4.69, 9.17) is 14.0 Å². The van der Waals surface area contributed by atoms with Crippen molar-refractivity contribution in [1.29, 1.82) is 0 Å². The molecule has 26 heavy (non-hydrogen) atoms. The molecule has 1 fully saturated rings. The molecule has 3 unspecified atom stereocenters. The number of rotatable bonds is 9. The number of ether oxygens (including phenoxy) is 2. The van der Waals surface area contributed by atoms with E-state index in [2.05, 4.69) is 5.32 Å². The first-order valence-electron chi connectivity index (χ1n) is 8.49. The summed E-state index contributed by atoms with van der Waals surface area (Å²) in [4.78, 5) is 35.7. The molecule has 1 aliphatic rings. The van der Waals surface area contributed by atoms with E-state index in [-0.39, 0.29) is 18.7 Å². The Morgan fingerprint density at radius 2 is 1.88 bits per heavy atom. The van der Waals surface area contributed by atoms with Crippen molar-refractivity contribution in [3.63, 3.8) is 0 Å². The van der Waals surface area contributed by atoms with Crippen LogP contribution in [0.15, 0.2) is 0 Å². The van der Waals surface area contributed by atoms with Crippen LogP contribution in [-0.4, -0.2) is 54.8 Å². The van der Waals surface area contributed by atoms with E-state index in [9.17, 15) is 22.8 Å². The van der Waals surface area contributed by atoms with Gasteiger partial charge in [-0.2, -0.15) is 8.42 Å². The quantitative estimate of drug-likeness (QED) is 0.434. The second-order valence-electron chi connectivity index (χ2n) is 7.20. The van der Waals surface area contributed by atoms with Crippen LogP contribution in [0.2, 0.25) is 0 Å². The molecule has 0 aromatic heterocycles. The summed E-state index contributed by atoms with van der Waals surface area (Å²) < 4.78 is 41.3. The Morgan fingerprint density at radius 1 is 1.27 bits per heavy atom. The lowest BCUT2D eigenvalue weighted by Gasteiger charge is -2.38. The monoisotopic (exact) mass is 393 g/mol. The van der Waals surface area contributed by atoms with Crippen LogP contribution >= 0.6 is 0 Å². The largest absolute Gasteiger partial charge is 0.448 e. The van der Waals surface area contributed by atoms with Crippen molar-refractivity contribution in [3.05, 3.63) is 0 Å². The smallest absolute Gasteiger partial charge is 0.348 e. The summed E-state index contributed by atoms with van der Waals surface area (Å²) in [5, 5.41) is 2.60. The van der Waals surface area contributed by atoms with Crippen LogP contribution in [0.5, 0.6) is 0 Å². The summed E-state index contributed by atoms with van der Waals surface area (Å²) in [5.74, 6) is -2.20. The zero-order chi connectivity index (χ0) is 20.1. The molecule has 1 heterocycles. The molecule has 0 spiro atoms. The van der Waals surface area contributed by atoms with Crippen molar-refractivity contribution in [3.8, 4) is 0 Å². The fourth-order valence-corrected chi connectivity index (χ4v) is 3.54. The van der Waals surface area contributed by atoms with Crippen molar-refractivity contribution in [1.82, 2.24) is 5.32 Å².